The first-order valence-corrected chi connectivity index (χ1v) is 10.4. The lowest BCUT2D eigenvalue weighted by atomic mass is 9.95. The largest absolute Gasteiger partial charge is 0.507 e. The number of ether oxygens (including phenoxy) is 1. The number of benzene rings is 2. The van der Waals surface area contributed by atoms with Gasteiger partial charge >= 0.3 is 0 Å². The predicted molar refractivity (Wildman–Crippen MR) is 122 cm³/mol. The third-order valence-corrected chi connectivity index (χ3v) is 5.70. The first-order valence-electron chi connectivity index (χ1n) is 9.68. The van der Waals surface area contributed by atoms with Crippen LogP contribution in [0.25, 0.3) is 5.76 Å². The number of nitrogens with zero attached hydrogens (tertiary/aromatic N) is 2. The van der Waals surface area contributed by atoms with Crippen LogP contribution in [0.2, 0.25) is 10.0 Å². The normalized spacial score (nSPS) is 17.6. The number of amides is 1. The minimum absolute atomic E-state index is 0.0678. The highest BCUT2D eigenvalue weighted by Gasteiger charge is 2.46. The molecule has 6 nitrogen and oxygen atoms in total. The molecule has 8 heteroatoms. The third-order valence-electron chi connectivity index (χ3n) is 5.20. The maximum absolute atomic E-state index is 13.1. The molecule has 162 valence electrons. The van der Waals surface area contributed by atoms with Crippen LogP contribution < -0.4 is 4.74 Å². The zero-order chi connectivity index (χ0) is 22.8. The molecule has 2 aromatic carbocycles. The Balaban J connectivity index is 1.92. The van der Waals surface area contributed by atoms with Gasteiger partial charge in [-0.05, 0) is 29.3 Å². The van der Waals surface area contributed by atoms with Gasteiger partial charge in [-0.3, -0.25) is 14.6 Å². The SMILES string of the molecule is COc1c(Cl)cc(Cl)cc1/C(O)=C1\C(=O)C(=O)N(Cc2cccnc2)C1c1ccccc1. The second-order valence-electron chi connectivity index (χ2n) is 7.17. The first-order chi connectivity index (χ1) is 15.4. The Morgan fingerprint density at radius 1 is 1.12 bits per heavy atom. The van der Waals surface area contributed by atoms with Crippen LogP contribution in [0.1, 0.15) is 22.7 Å². The van der Waals surface area contributed by atoms with Crippen LogP contribution >= 0.6 is 23.2 Å². The molecule has 32 heavy (non-hydrogen) atoms. The second kappa shape index (κ2) is 9.02. The van der Waals surface area contributed by atoms with Crippen molar-refractivity contribution in [3.05, 3.63) is 99.3 Å². The molecule has 0 aliphatic carbocycles. The molecule has 0 bridgehead atoms. The molecule has 2 heterocycles. The van der Waals surface area contributed by atoms with Crippen LogP contribution in [0.4, 0.5) is 0 Å². The van der Waals surface area contributed by atoms with E-state index < -0.39 is 23.5 Å². The zero-order valence-corrected chi connectivity index (χ0v) is 18.5. The monoisotopic (exact) mass is 468 g/mol. The number of aromatic nitrogens is 1. The molecule has 1 amide bonds. The van der Waals surface area contributed by atoms with Crippen LogP contribution in [-0.2, 0) is 16.1 Å². The Bertz CT molecular complexity index is 1210. The van der Waals surface area contributed by atoms with Crippen LogP contribution in [0.3, 0.4) is 0 Å². The molecule has 1 fully saturated rings. The lowest BCUT2D eigenvalue weighted by Gasteiger charge is -2.25. The maximum Gasteiger partial charge on any atom is 0.295 e. The number of carbonyl (C=O) groups is 2. The molecular formula is C24H18Cl2N2O4. The van der Waals surface area contributed by atoms with E-state index in [0.717, 1.165) is 5.56 Å². The van der Waals surface area contributed by atoms with E-state index in [4.69, 9.17) is 27.9 Å². The quantitative estimate of drug-likeness (QED) is 0.323. The van der Waals surface area contributed by atoms with Gasteiger partial charge in [0.05, 0.1) is 29.3 Å². The van der Waals surface area contributed by atoms with E-state index in [0.29, 0.717) is 5.56 Å². The summed E-state index contributed by atoms with van der Waals surface area (Å²) < 4.78 is 5.33. The van der Waals surface area contributed by atoms with Crippen molar-refractivity contribution in [2.24, 2.45) is 0 Å². The van der Waals surface area contributed by atoms with Gasteiger partial charge in [-0.15, -0.1) is 0 Å². The lowest BCUT2D eigenvalue weighted by molar-refractivity contribution is -0.140. The fourth-order valence-corrected chi connectivity index (χ4v) is 4.37. The standard InChI is InChI=1S/C24H18Cl2N2O4/c1-32-23-17(10-16(25)11-18(23)26)21(29)19-20(15-7-3-2-4-8-15)28(24(31)22(19)30)13-14-6-5-9-27-12-14/h2-12,20,29H,13H2,1H3/b21-19+. The first kappa shape index (κ1) is 21.9. The highest BCUT2D eigenvalue weighted by molar-refractivity contribution is 6.46. The fourth-order valence-electron chi connectivity index (χ4n) is 3.80. The number of ketones is 1. The van der Waals surface area contributed by atoms with Gasteiger partial charge < -0.3 is 14.7 Å². The number of aliphatic hydroxyl groups is 1. The minimum atomic E-state index is -0.820. The van der Waals surface area contributed by atoms with Crippen molar-refractivity contribution in [2.75, 3.05) is 7.11 Å². The number of halogens is 2. The summed E-state index contributed by atoms with van der Waals surface area (Å²) in [5.41, 5.74) is 1.48. The molecule has 3 aromatic rings. The number of rotatable bonds is 5. The van der Waals surface area contributed by atoms with Crippen molar-refractivity contribution < 1.29 is 19.4 Å². The van der Waals surface area contributed by atoms with Crippen molar-refractivity contribution >= 4 is 40.7 Å². The van der Waals surface area contributed by atoms with Gasteiger partial charge in [0.2, 0.25) is 0 Å². The van der Waals surface area contributed by atoms with Gasteiger partial charge in [0.1, 0.15) is 11.5 Å². The van der Waals surface area contributed by atoms with Gasteiger partial charge in [0.25, 0.3) is 11.7 Å². The number of hydrogen-bond acceptors (Lipinski definition) is 5. The summed E-state index contributed by atoms with van der Waals surface area (Å²) in [7, 11) is 1.39. The highest BCUT2D eigenvalue weighted by atomic mass is 35.5. The van der Waals surface area contributed by atoms with Crippen LogP contribution in [0.15, 0.2) is 72.6 Å². The average molecular weight is 469 g/mol. The Hall–Kier alpha value is -3.35. The molecule has 0 spiro atoms. The zero-order valence-electron chi connectivity index (χ0n) is 17.0. The van der Waals surface area contributed by atoms with Gasteiger partial charge in [0, 0.05) is 24.0 Å². The number of pyridine rings is 1. The van der Waals surface area contributed by atoms with Crippen LogP contribution in [0, 0.1) is 0 Å². The molecule has 1 unspecified atom stereocenters. The van der Waals surface area contributed by atoms with Crippen LogP contribution in [0.5, 0.6) is 5.75 Å². The van der Waals surface area contributed by atoms with Crippen LogP contribution in [-0.4, -0.2) is 33.8 Å². The van der Waals surface area contributed by atoms with E-state index in [2.05, 4.69) is 4.98 Å². The summed E-state index contributed by atoms with van der Waals surface area (Å²) in [6.45, 7) is 0.141. The molecule has 1 N–H and O–H groups in total. The third kappa shape index (κ3) is 3.95. The Kier molecular flexibility index (Phi) is 6.17. The summed E-state index contributed by atoms with van der Waals surface area (Å²) in [6, 6.07) is 14.7. The second-order valence-corrected chi connectivity index (χ2v) is 8.01. The molecule has 1 saturated heterocycles. The maximum atomic E-state index is 13.1. The number of aliphatic hydroxyl groups excluding tert-OH is 1. The fraction of sp³-hybridized carbons (Fsp3) is 0.125. The number of carbonyl (C=O) groups excluding carboxylic acids is 2. The summed E-state index contributed by atoms with van der Waals surface area (Å²) in [5.74, 6) is -1.79. The van der Waals surface area contributed by atoms with Gasteiger partial charge in [-0.2, -0.15) is 0 Å². The molecule has 1 aliphatic rings. The Morgan fingerprint density at radius 3 is 2.53 bits per heavy atom. The number of hydrogen-bond donors (Lipinski definition) is 1. The van der Waals surface area contributed by atoms with Crippen molar-refractivity contribution in [3.63, 3.8) is 0 Å². The minimum Gasteiger partial charge on any atom is -0.507 e. The molecule has 1 aromatic heterocycles. The Morgan fingerprint density at radius 2 is 1.88 bits per heavy atom. The molecule has 4 rings (SSSR count). The molecule has 0 radical (unpaired) electrons. The number of methoxy groups -OCH3 is 1. The van der Waals surface area contributed by atoms with E-state index >= 15 is 0 Å². The van der Waals surface area contributed by atoms with E-state index in [9.17, 15) is 14.7 Å². The molecule has 0 saturated carbocycles. The summed E-state index contributed by atoms with van der Waals surface area (Å²) in [4.78, 5) is 31.7. The average Bonchev–Trinajstić information content (AvgIpc) is 3.04. The van der Waals surface area contributed by atoms with E-state index in [1.54, 1.807) is 42.7 Å². The van der Waals surface area contributed by atoms with Gasteiger partial charge in [-0.1, -0.05) is 59.6 Å². The van der Waals surface area contributed by atoms with Gasteiger partial charge in [-0.25, -0.2) is 0 Å². The lowest BCUT2D eigenvalue weighted by Crippen LogP contribution is -2.29. The smallest absolute Gasteiger partial charge is 0.295 e. The Labute approximate surface area is 194 Å². The van der Waals surface area contributed by atoms with Crippen molar-refractivity contribution in [1.29, 1.82) is 0 Å². The van der Waals surface area contributed by atoms with Crippen molar-refractivity contribution in [3.8, 4) is 5.75 Å². The van der Waals surface area contributed by atoms with Gasteiger partial charge in [0.15, 0.2) is 0 Å². The number of likely N-dealkylation sites (tertiary alicyclic amines) is 1. The predicted octanol–water partition coefficient (Wildman–Crippen LogP) is 5.02. The van der Waals surface area contributed by atoms with E-state index in [-0.39, 0.29) is 33.5 Å². The molecular weight excluding hydrogens is 451 g/mol. The van der Waals surface area contributed by atoms with Crippen molar-refractivity contribution in [2.45, 2.75) is 12.6 Å². The van der Waals surface area contributed by atoms with E-state index in [1.165, 1.54) is 24.1 Å². The molecule has 1 aliphatic heterocycles. The summed E-state index contributed by atoms with van der Waals surface area (Å²) >= 11 is 12.4. The summed E-state index contributed by atoms with van der Waals surface area (Å²) in [6.07, 6.45) is 3.25. The number of Topliss-reactive ketones (excluding diaryl/α,β-unsaturated/α-hetero) is 1. The highest BCUT2D eigenvalue weighted by Crippen LogP contribution is 2.43. The van der Waals surface area contributed by atoms with E-state index in [1.807, 2.05) is 12.1 Å². The summed E-state index contributed by atoms with van der Waals surface area (Å²) in [5, 5.41) is 11.7. The molecule has 1 atom stereocenters. The van der Waals surface area contributed by atoms with Crippen molar-refractivity contribution in [1.82, 2.24) is 9.88 Å². The topological polar surface area (TPSA) is 79.7 Å².